The zero-order chi connectivity index (χ0) is 12.2. The number of amides is 1. The molecule has 1 aromatic heterocycles. The molecule has 6 heteroatoms. The molecular weight excluding hydrogens is 228 g/mol. The van der Waals surface area contributed by atoms with Gasteiger partial charge < -0.3 is 5.32 Å². The summed E-state index contributed by atoms with van der Waals surface area (Å²) in [6.45, 7) is 1.73. The molecule has 0 aliphatic rings. The summed E-state index contributed by atoms with van der Waals surface area (Å²) >= 11 is 0. The summed E-state index contributed by atoms with van der Waals surface area (Å²) < 4.78 is 22.2. The molecule has 0 aliphatic carbocycles. The third-order valence-corrected chi connectivity index (χ3v) is 2.70. The molecule has 1 N–H and O–H groups in total. The molecule has 5 nitrogen and oxygen atoms in total. The SMILES string of the molecule is CC=CC(=O)Nc1ccc(S(C)(=O)=O)nc1. The molecule has 0 saturated heterocycles. The fourth-order valence-corrected chi connectivity index (χ4v) is 1.57. The fourth-order valence-electron chi connectivity index (χ4n) is 1.01. The summed E-state index contributed by atoms with van der Waals surface area (Å²) in [5.74, 6) is -0.281. The number of nitrogens with zero attached hydrogens (tertiary/aromatic N) is 1. The average Bonchev–Trinajstić information content (AvgIpc) is 2.17. The zero-order valence-electron chi connectivity index (χ0n) is 8.97. The van der Waals surface area contributed by atoms with Gasteiger partial charge in [0, 0.05) is 6.26 Å². The molecule has 0 aromatic carbocycles. The number of anilines is 1. The summed E-state index contributed by atoms with van der Waals surface area (Å²) in [6, 6.07) is 2.84. The van der Waals surface area contributed by atoms with Crippen molar-refractivity contribution in [3.05, 3.63) is 30.5 Å². The lowest BCUT2D eigenvalue weighted by molar-refractivity contribution is -0.111. The monoisotopic (exact) mass is 240 g/mol. The van der Waals surface area contributed by atoms with E-state index in [1.54, 1.807) is 13.0 Å². The zero-order valence-corrected chi connectivity index (χ0v) is 9.78. The van der Waals surface area contributed by atoms with E-state index in [2.05, 4.69) is 10.3 Å². The van der Waals surface area contributed by atoms with Gasteiger partial charge in [0.1, 0.15) is 0 Å². The van der Waals surface area contributed by atoms with Gasteiger partial charge in [0.2, 0.25) is 5.91 Å². The van der Waals surface area contributed by atoms with Crippen molar-refractivity contribution in [1.82, 2.24) is 4.98 Å². The summed E-state index contributed by atoms with van der Waals surface area (Å²) in [5.41, 5.74) is 0.454. The Hall–Kier alpha value is -1.69. The molecule has 1 rings (SSSR count). The maximum Gasteiger partial charge on any atom is 0.248 e. The van der Waals surface area contributed by atoms with Gasteiger partial charge in [-0.15, -0.1) is 0 Å². The average molecular weight is 240 g/mol. The van der Waals surface area contributed by atoms with Crippen molar-refractivity contribution in [1.29, 1.82) is 0 Å². The van der Waals surface area contributed by atoms with Crippen LogP contribution in [0.3, 0.4) is 0 Å². The Labute approximate surface area is 94.1 Å². The van der Waals surface area contributed by atoms with E-state index in [1.165, 1.54) is 24.4 Å². The van der Waals surface area contributed by atoms with E-state index >= 15 is 0 Å². The van der Waals surface area contributed by atoms with Crippen LogP contribution in [0.25, 0.3) is 0 Å². The van der Waals surface area contributed by atoms with E-state index in [-0.39, 0.29) is 10.9 Å². The molecule has 0 spiro atoms. The van der Waals surface area contributed by atoms with Gasteiger partial charge in [-0.2, -0.15) is 0 Å². The van der Waals surface area contributed by atoms with E-state index in [9.17, 15) is 13.2 Å². The molecule has 0 saturated carbocycles. The Kier molecular flexibility index (Phi) is 3.78. The highest BCUT2D eigenvalue weighted by Crippen LogP contribution is 2.10. The molecule has 0 bridgehead atoms. The van der Waals surface area contributed by atoms with E-state index in [4.69, 9.17) is 0 Å². The number of hydrogen-bond donors (Lipinski definition) is 1. The van der Waals surface area contributed by atoms with Gasteiger partial charge in [-0.3, -0.25) is 4.79 Å². The van der Waals surface area contributed by atoms with Crippen molar-refractivity contribution < 1.29 is 13.2 Å². The Morgan fingerprint density at radius 2 is 2.12 bits per heavy atom. The van der Waals surface area contributed by atoms with Crippen molar-refractivity contribution >= 4 is 21.4 Å². The van der Waals surface area contributed by atoms with Crippen LogP contribution < -0.4 is 5.32 Å². The van der Waals surface area contributed by atoms with Crippen LogP contribution in [0.2, 0.25) is 0 Å². The van der Waals surface area contributed by atoms with Gasteiger partial charge in [-0.05, 0) is 25.1 Å². The highest BCUT2D eigenvalue weighted by atomic mass is 32.2. The van der Waals surface area contributed by atoms with Gasteiger partial charge in [0.05, 0.1) is 11.9 Å². The first kappa shape index (κ1) is 12.4. The highest BCUT2D eigenvalue weighted by Gasteiger charge is 2.08. The second kappa shape index (κ2) is 4.89. The molecule has 1 heterocycles. The van der Waals surface area contributed by atoms with Crippen molar-refractivity contribution in [3.8, 4) is 0 Å². The number of carbonyl (C=O) groups excluding carboxylic acids is 1. The van der Waals surface area contributed by atoms with Crippen LogP contribution in [-0.4, -0.2) is 25.6 Å². The smallest absolute Gasteiger partial charge is 0.248 e. The minimum absolute atomic E-state index is 0.0171. The second-order valence-electron chi connectivity index (χ2n) is 3.15. The number of aromatic nitrogens is 1. The summed E-state index contributed by atoms with van der Waals surface area (Å²) in [6.07, 6.45) is 5.35. The van der Waals surface area contributed by atoms with Gasteiger partial charge in [-0.25, -0.2) is 13.4 Å². The number of hydrogen-bond acceptors (Lipinski definition) is 4. The molecule has 0 radical (unpaired) electrons. The predicted octanol–water partition coefficient (Wildman–Crippen LogP) is 1.000. The standard InChI is InChI=1S/C10H12N2O3S/c1-3-4-9(13)12-8-5-6-10(11-7-8)16(2,14)15/h3-7H,1-2H3,(H,12,13). The van der Waals surface area contributed by atoms with Gasteiger partial charge in [-0.1, -0.05) is 6.08 Å². The van der Waals surface area contributed by atoms with Crippen LogP contribution in [0.5, 0.6) is 0 Å². The summed E-state index contributed by atoms with van der Waals surface area (Å²) in [5, 5.41) is 2.52. The number of carbonyl (C=O) groups is 1. The lowest BCUT2D eigenvalue weighted by atomic mass is 10.4. The lowest BCUT2D eigenvalue weighted by Gasteiger charge is -2.02. The number of nitrogens with one attached hydrogen (secondary N) is 1. The van der Waals surface area contributed by atoms with E-state index in [0.29, 0.717) is 5.69 Å². The third-order valence-electron chi connectivity index (χ3n) is 1.70. The van der Waals surface area contributed by atoms with Gasteiger partial charge in [0.15, 0.2) is 14.9 Å². The molecule has 0 atom stereocenters. The first-order valence-corrected chi connectivity index (χ1v) is 6.42. The van der Waals surface area contributed by atoms with Crippen molar-refractivity contribution in [2.24, 2.45) is 0 Å². The number of allylic oxidation sites excluding steroid dienone is 1. The maximum atomic E-state index is 11.2. The van der Waals surface area contributed by atoms with E-state index < -0.39 is 9.84 Å². The van der Waals surface area contributed by atoms with Gasteiger partial charge in [0.25, 0.3) is 0 Å². The Balaban J connectivity index is 2.84. The van der Waals surface area contributed by atoms with Crippen LogP contribution >= 0.6 is 0 Å². The summed E-state index contributed by atoms with van der Waals surface area (Å²) in [4.78, 5) is 14.9. The Morgan fingerprint density at radius 1 is 1.44 bits per heavy atom. The molecular formula is C10H12N2O3S. The van der Waals surface area contributed by atoms with Crippen molar-refractivity contribution in [2.75, 3.05) is 11.6 Å². The quantitative estimate of drug-likeness (QED) is 0.800. The van der Waals surface area contributed by atoms with Gasteiger partial charge >= 0.3 is 0 Å². The molecule has 86 valence electrons. The molecule has 0 fully saturated rings. The van der Waals surface area contributed by atoms with Crippen LogP contribution in [0.4, 0.5) is 5.69 Å². The van der Waals surface area contributed by atoms with E-state index in [0.717, 1.165) is 6.26 Å². The molecule has 0 aliphatic heterocycles. The lowest BCUT2D eigenvalue weighted by Crippen LogP contribution is -2.08. The minimum atomic E-state index is -3.30. The normalized spacial score (nSPS) is 11.6. The number of pyridine rings is 1. The first-order chi connectivity index (χ1) is 7.43. The number of sulfone groups is 1. The van der Waals surface area contributed by atoms with Crippen LogP contribution in [0, 0.1) is 0 Å². The molecule has 16 heavy (non-hydrogen) atoms. The fraction of sp³-hybridized carbons (Fsp3) is 0.200. The minimum Gasteiger partial charge on any atom is -0.321 e. The molecule has 0 unspecified atom stereocenters. The maximum absolute atomic E-state index is 11.2. The van der Waals surface area contributed by atoms with Crippen molar-refractivity contribution in [3.63, 3.8) is 0 Å². The Morgan fingerprint density at radius 3 is 2.56 bits per heavy atom. The highest BCUT2D eigenvalue weighted by molar-refractivity contribution is 7.90. The third kappa shape index (κ3) is 3.47. The first-order valence-electron chi connectivity index (χ1n) is 4.53. The molecule has 1 amide bonds. The van der Waals surface area contributed by atoms with Crippen molar-refractivity contribution in [2.45, 2.75) is 11.9 Å². The largest absolute Gasteiger partial charge is 0.321 e. The second-order valence-corrected chi connectivity index (χ2v) is 5.11. The Bertz CT molecular complexity index is 503. The topological polar surface area (TPSA) is 76.1 Å². The van der Waals surface area contributed by atoms with Crippen LogP contribution in [0.1, 0.15) is 6.92 Å². The summed E-state index contributed by atoms with van der Waals surface area (Å²) in [7, 11) is -3.30. The van der Waals surface area contributed by atoms with Crippen LogP contribution in [-0.2, 0) is 14.6 Å². The molecule has 1 aromatic rings. The van der Waals surface area contributed by atoms with E-state index in [1.807, 2.05) is 0 Å². The van der Waals surface area contributed by atoms with Crippen LogP contribution in [0.15, 0.2) is 35.5 Å². The number of rotatable bonds is 3. The predicted molar refractivity (Wildman–Crippen MR) is 60.8 cm³/mol.